The third kappa shape index (κ3) is 2.70. The van der Waals surface area contributed by atoms with Crippen molar-refractivity contribution in [3.63, 3.8) is 0 Å². The molecule has 4 atom stereocenters. The molecule has 0 aliphatic heterocycles. The molecule has 0 saturated carbocycles. The summed E-state index contributed by atoms with van der Waals surface area (Å²) in [6.07, 6.45) is 1.35. The minimum Gasteiger partial charge on any atom is -0.0852 e. The molecule has 2 rings (SSSR count). The zero-order valence-electron chi connectivity index (χ0n) is 9.17. The fourth-order valence-corrected chi connectivity index (χ4v) is 4.66. The Morgan fingerprint density at radius 2 is 1.94 bits per heavy atom. The highest BCUT2D eigenvalue weighted by molar-refractivity contribution is 14.1. The predicted molar refractivity (Wildman–Crippen MR) is 96.4 cm³/mol. The first-order valence-corrected chi connectivity index (χ1v) is 9.59. The summed E-state index contributed by atoms with van der Waals surface area (Å²) >= 11 is 7.76. The van der Waals surface area contributed by atoms with E-state index in [0.29, 0.717) is 3.92 Å². The first kappa shape index (κ1) is 13.8. The maximum absolute atomic E-state index is 2.63. The first-order chi connectivity index (χ1) is 7.65. The summed E-state index contributed by atoms with van der Waals surface area (Å²) in [6, 6.07) is 9.05. The molecule has 4 unspecified atom stereocenters. The summed E-state index contributed by atoms with van der Waals surface area (Å²) in [5.41, 5.74) is 3.19. The molecule has 0 N–H and O–H groups in total. The van der Waals surface area contributed by atoms with Crippen LogP contribution in [0.1, 0.15) is 34.3 Å². The van der Waals surface area contributed by atoms with Crippen LogP contribution in [0, 0.1) is 5.92 Å². The maximum Gasteiger partial charge on any atom is 0.0388 e. The Bertz CT molecular complexity index is 364. The highest BCUT2D eigenvalue weighted by atomic mass is 127. The van der Waals surface area contributed by atoms with Gasteiger partial charge in [-0.1, -0.05) is 99.0 Å². The summed E-state index contributed by atoms with van der Waals surface area (Å²) in [6.45, 7) is 2.40. The Hall–Kier alpha value is 1.41. The van der Waals surface area contributed by atoms with Crippen molar-refractivity contribution in [3.05, 3.63) is 35.4 Å². The molecule has 0 saturated heterocycles. The van der Waals surface area contributed by atoms with Crippen molar-refractivity contribution >= 4 is 67.8 Å². The van der Waals surface area contributed by atoms with E-state index in [0.717, 1.165) is 15.8 Å². The van der Waals surface area contributed by atoms with Gasteiger partial charge in [0.05, 0.1) is 0 Å². The average Bonchev–Trinajstić information content (AvgIpc) is 2.33. The van der Waals surface area contributed by atoms with Crippen LogP contribution in [-0.4, -0.2) is 8.35 Å². The van der Waals surface area contributed by atoms with Crippen LogP contribution in [0.25, 0.3) is 0 Å². The Kier molecular flexibility index (Phi) is 5.22. The third-order valence-electron chi connectivity index (χ3n) is 3.40. The Labute approximate surface area is 139 Å². The summed E-state index contributed by atoms with van der Waals surface area (Å²) in [4.78, 5) is 0. The molecule has 0 heterocycles. The lowest BCUT2D eigenvalue weighted by molar-refractivity contribution is 0.439. The second kappa shape index (κ2) is 6.04. The van der Waals surface area contributed by atoms with E-state index in [9.17, 15) is 0 Å². The molecule has 1 aromatic carbocycles. The van der Waals surface area contributed by atoms with E-state index >= 15 is 0 Å². The fourth-order valence-electron chi connectivity index (χ4n) is 2.50. The van der Waals surface area contributed by atoms with Gasteiger partial charge < -0.3 is 0 Å². The molecular formula is C13H15I3. The van der Waals surface area contributed by atoms with Crippen LogP contribution in [0.2, 0.25) is 0 Å². The third-order valence-corrected chi connectivity index (χ3v) is 9.24. The second-order valence-electron chi connectivity index (χ2n) is 4.52. The Balaban J connectivity index is 2.40. The summed E-state index contributed by atoms with van der Waals surface area (Å²) in [5, 5.41) is 0. The van der Waals surface area contributed by atoms with Gasteiger partial charge in [0.1, 0.15) is 0 Å². The van der Waals surface area contributed by atoms with Gasteiger partial charge in [-0.15, -0.1) is 0 Å². The minimum atomic E-state index is 0.697. The summed E-state index contributed by atoms with van der Waals surface area (Å²) in [7, 11) is 0. The van der Waals surface area contributed by atoms with Gasteiger partial charge >= 0.3 is 0 Å². The number of hydrogen-bond donors (Lipinski definition) is 0. The van der Waals surface area contributed by atoms with E-state index in [-0.39, 0.29) is 0 Å². The molecule has 0 bridgehead atoms. The molecule has 1 aromatic rings. The highest BCUT2D eigenvalue weighted by Crippen LogP contribution is 2.48. The zero-order chi connectivity index (χ0) is 11.7. The molecule has 0 amide bonds. The van der Waals surface area contributed by atoms with Crippen LogP contribution in [0.15, 0.2) is 24.3 Å². The molecular weight excluding hydrogens is 537 g/mol. The van der Waals surface area contributed by atoms with Crippen LogP contribution in [-0.2, 0) is 0 Å². The smallest absolute Gasteiger partial charge is 0.0388 e. The fraction of sp³-hybridized carbons (Fsp3) is 0.538. The average molecular weight is 552 g/mol. The van der Waals surface area contributed by atoms with Gasteiger partial charge in [0.25, 0.3) is 0 Å². The quantitative estimate of drug-likeness (QED) is 0.335. The van der Waals surface area contributed by atoms with E-state index < -0.39 is 0 Å². The van der Waals surface area contributed by atoms with Crippen molar-refractivity contribution in [1.29, 1.82) is 0 Å². The van der Waals surface area contributed by atoms with Crippen molar-refractivity contribution in [1.82, 2.24) is 0 Å². The van der Waals surface area contributed by atoms with Crippen LogP contribution in [0.3, 0.4) is 0 Å². The van der Waals surface area contributed by atoms with Gasteiger partial charge in [-0.05, 0) is 29.4 Å². The van der Waals surface area contributed by atoms with Crippen LogP contribution >= 0.6 is 67.8 Å². The lowest BCUT2D eigenvalue weighted by atomic mass is 9.76. The number of alkyl halides is 3. The van der Waals surface area contributed by atoms with Crippen molar-refractivity contribution in [3.8, 4) is 0 Å². The Morgan fingerprint density at radius 1 is 1.31 bits per heavy atom. The van der Waals surface area contributed by atoms with Crippen molar-refractivity contribution in [2.24, 2.45) is 5.92 Å². The minimum absolute atomic E-state index is 0.697. The molecule has 0 spiro atoms. The van der Waals surface area contributed by atoms with E-state index in [1.807, 2.05) is 0 Å². The lowest BCUT2D eigenvalue weighted by Gasteiger charge is -2.35. The molecule has 0 fully saturated rings. The first-order valence-electron chi connectivity index (χ1n) is 5.58. The molecule has 3 heteroatoms. The van der Waals surface area contributed by atoms with E-state index in [4.69, 9.17) is 0 Å². The molecule has 0 nitrogen and oxygen atoms in total. The van der Waals surface area contributed by atoms with Crippen LogP contribution in [0.5, 0.6) is 0 Å². The monoisotopic (exact) mass is 552 g/mol. The predicted octanol–water partition coefficient (Wildman–Crippen LogP) is 5.52. The van der Waals surface area contributed by atoms with E-state index in [1.54, 1.807) is 11.1 Å². The van der Waals surface area contributed by atoms with Gasteiger partial charge in [-0.25, -0.2) is 0 Å². The van der Waals surface area contributed by atoms with Crippen molar-refractivity contribution < 1.29 is 0 Å². The number of benzene rings is 1. The van der Waals surface area contributed by atoms with Crippen LogP contribution < -0.4 is 0 Å². The largest absolute Gasteiger partial charge is 0.0852 e. The maximum atomic E-state index is 2.63. The van der Waals surface area contributed by atoms with Gasteiger partial charge in [0.2, 0.25) is 0 Å². The molecule has 16 heavy (non-hydrogen) atoms. The Morgan fingerprint density at radius 3 is 2.56 bits per heavy atom. The standard InChI is InChI=1S/C13H15I3/c1-8-6-11(12(15)7-14)9-4-2-3-5-10(9)13(8)16/h2-5,8,11-13H,6-7H2,1H3. The lowest BCUT2D eigenvalue weighted by Crippen LogP contribution is -2.25. The zero-order valence-corrected chi connectivity index (χ0v) is 15.6. The van der Waals surface area contributed by atoms with E-state index in [1.165, 1.54) is 10.8 Å². The summed E-state index contributed by atoms with van der Waals surface area (Å²) in [5.74, 6) is 1.57. The number of halogens is 3. The number of hydrogen-bond acceptors (Lipinski definition) is 0. The van der Waals surface area contributed by atoms with Gasteiger partial charge in [0, 0.05) is 12.3 Å². The molecule has 1 aliphatic carbocycles. The number of fused-ring (bicyclic) bond motifs is 1. The number of rotatable bonds is 2. The molecule has 88 valence electrons. The highest BCUT2D eigenvalue weighted by Gasteiger charge is 2.33. The topological polar surface area (TPSA) is 0 Å². The van der Waals surface area contributed by atoms with Crippen molar-refractivity contribution in [2.75, 3.05) is 4.43 Å². The SMILES string of the molecule is CC1CC(C(I)CI)c2ccccc2C1I. The van der Waals surface area contributed by atoms with Crippen LogP contribution in [0.4, 0.5) is 0 Å². The van der Waals surface area contributed by atoms with E-state index in [2.05, 4.69) is 99.0 Å². The normalized spacial score (nSPS) is 30.9. The molecule has 1 aliphatic rings. The van der Waals surface area contributed by atoms with Gasteiger partial charge in [-0.3, -0.25) is 0 Å². The molecule has 0 aromatic heterocycles. The summed E-state index contributed by atoms with van der Waals surface area (Å²) < 4.78 is 2.71. The van der Waals surface area contributed by atoms with Gasteiger partial charge in [0.15, 0.2) is 0 Å². The molecule has 0 radical (unpaired) electrons. The van der Waals surface area contributed by atoms with Gasteiger partial charge in [-0.2, -0.15) is 0 Å². The second-order valence-corrected chi connectivity index (χ2v) is 8.34. The van der Waals surface area contributed by atoms with Crippen molar-refractivity contribution in [2.45, 2.75) is 27.1 Å².